The van der Waals surface area contributed by atoms with E-state index in [1.807, 2.05) is 46.0 Å². The van der Waals surface area contributed by atoms with Gasteiger partial charge in [-0.25, -0.2) is 0 Å². The van der Waals surface area contributed by atoms with Gasteiger partial charge in [0.1, 0.15) is 11.4 Å². The maximum absolute atomic E-state index is 11.7. The maximum Gasteiger partial charge on any atom is 0.171 e. The van der Waals surface area contributed by atoms with E-state index in [4.69, 9.17) is 4.74 Å². The van der Waals surface area contributed by atoms with Crippen molar-refractivity contribution >= 4 is 5.78 Å². The van der Waals surface area contributed by atoms with Crippen molar-refractivity contribution in [3.63, 3.8) is 0 Å². The van der Waals surface area contributed by atoms with Crippen LogP contribution >= 0.6 is 0 Å². The second kappa shape index (κ2) is 5.26. The number of ketones is 1. The summed E-state index contributed by atoms with van der Waals surface area (Å²) in [5.74, 6) is 1.53. The zero-order chi connectivity index (χ0) is 14.0. The third-order valence-electron chi connectivity index (χ3n) is 3.14. The summed E-state index contributed by atoms with van der Waals surface area (Å²) in [5.41, 5.74) is 2.48. The molecule has 0 radical (unpaired) electrons. The van der Waals surface area contributed by atoms with Crippen LogP contribution in [0.4, 0.5) is 0 Å². The van der Waals surface area contributed by atoms with Crippen LogP contribution in [0.15, 0.2) is 24.3 Å². The van der Waals surface area contributed by atoms with Gasteiger partial charge in [0.2, 0.25) is 0 Å². The highest BCUT2D eigenvalue weighted by atomic mass is 16.5. The Labute approximate surface area is 113 Å². The highest BCUT2D eigenvalue weighted by Gasteiger charge is 2.12. The Morgan fingerprint density at radius 2 is 2.11 bits per heavy atom. The van der Waals surface area contributed by atoms with Crippen LogP contribution in [0.2, 0.25) is 0 Å². The summed E-state index contributed by atoms with van der Waals surface area (Å²) in [6, 6.07) is 7.26. The highest BCUT2D eigenvalue weighted by Crippen LogP contribution is 2.28. The molecule has 0 fully saturated rings. The van der Waals surface area contributed by atoms with E-state index in [2.05, 4.69) is 5.10 Å². The van der Waals surface area contributed by atoms with E-state index < -0.39 is 0 Å². The van der Waals surface area contributed by atoms with Gasteiger partial charge in [-0.05, 0) is 26.0 Å². The molecule has 0 saturated heterocycles. The average molecular weight is 258 g/mol. The van der Waals surface area contributed by atoms with Gasteiger partial charge in [-0.15, -0.1) is 0 Å². The second-order valence-electron chi connectivity index (χ2n) is 4.53. The molecular formula is C15H18N2O2. The highest BCUT2D eigenvalue weighted by molar-refractivity contribution is 5.96. The van der Waals surface area contributed by atoms with E-state index >= 15 is 0 Å². The molecule has 4 nitrogen and oxygen atoms in total. The summed E-state index contributed by atoms with van der Waals surface area (Å²) in [4.78, 5) is 11.7. The molecule has 0 atom stereocenters. The largest absolute Gasteiger partial charge is 0.453 e. The van der Waals surface area contributed by atoms with E-state index in [1.54, 1.807) is 10.7 Å². The molecular weight excluding hydrogens is 240 g/mol. The zero-order valence-electron chi connectivity index (χ0n) is 11.7. The molecule has 1 heterocycles. The number of ether oxygens (including phenoxy) is 1. The van der Waals surface area contributed by atoms with Crippen LogP contribution in [0, 0.1) is 13.8 Å². The third-order valence-corrected chi connectivity index (χ3v) is 3.14. The molecule has 0 bridgehead atoms. The third kappa shape index (κ3) is 2.67. The average Bonchev–Trinajstić information content (AvgIpc) is 2.65. The fourth-order valence-electron chi connectivity index (χ4n) is 1.96. The molecule has 0 unspecified atom stereocenters. The molecule has 0 amide bonds. The first-order chi connectivity index (χ1) is 9.02. The number of rotatable bonds is 4. The van der Waals surface area contributed by atoms with E-state index in [9.17, 15) is 4.79 Å². The van der Waals surface area contributed by atoms with Gasteiger partial charge in [-0.2, -0.15) is 5.10 Å². The summed E-state index contributed by atoms with van der Waals surface area (Å²) in [5, 5.41) is 4.31. The van der Waals surface area contributed by atoms with Crippen LogP contribution in [0.5, 0.6) is 11.5 Å². The van der Waals surface area contributed by atoms with Crippen LogP contribution in [0.1, 0.15) is 35.1 Å². The number of Topliss-reactive ketones (excluding diaryl/α,β-unsaturated/α-hetero) is 1. The summed E-state index contributed by atoms with van der Waals surface area (Å²) < 4.78 is 7.64. The smallest absolute Gasteiger partial charge is 0.171 e. The molecule has 0 N–H and O–H groups in total. The summed E-state index contributed by atoms with van der Waals surface area (Å²) >= 11 is 0. The van der Waals surface area contributed by atoms with Gasteiger partial charge in [-0.3, -0.25) is 9.48 Å². The molecule has 0 aliphatic carbocycles. The van der Waals surface area contributed by atoms with Crippen molar-refractivity contribution in [2.75, 3.05) is 0 Å². The first-order valence-corrected chi connectivity index (χ1v) is 6.34. The minimum Gasteiger partial charge on any atom is -0.453 e. The van der Waals surface area contributed by atoms with Crippen molar-refractivity contribution in [2.24, 2.45) is 7.05 Å². The summed E-state index contributed by atoms with van der Waals surface area (Å²) in [6.45, 7) is 5.71. The minimum absolute atomic E-state index is 0.116. The lowest BCUT2D eigenvalue weighted by Crippen LogP contribution is -1.97. The molecule has 2 rings (SSSR count). The first-order valence-electron chi connectivity index (χ1n) is 6.34. The van der Waals surface area contributed by atoms with Crippen molar-refractivity contribution in [3.8, 4) is 11.5 Å². The molecule has 100 valence electrons. The van der Waals surface area contributed by atoms with Gasteiger partial charge < -0.3 is 4.74 Å². The Balaban J connectivity index is 2.31. The Bertz CT molecular complexity index is 615. The first kappa shape index (κ1) is 13.3. The van der Waals surface area contributed by atoms with Gasteiger partial charge in [0.25, 0.3) is 0 Å². The number of carbonyl (C=O) groups excluding carboxylic acids is 1. The van der Waals surface area contributed by atoms with Gasteiger partial charge >= 0.3 is 0 Å². The van der Waals surface area contributed by atoms with E-state index in [-0.39, 0.29) is 5.78 Å². The fraction of sp³-hybridized carbons (Fsp3) is 0.333. The Hall–Kier alpha value is -2.10. The van der Waals surface area contributed by atoms with Gasteiger partial charge in [-0.1, -0.05) is 19.1 Å². The Kier molecular flexibility index (Phi) is 3.69. The van der Waals surface area contributed by atoms with Crippen molar-refractivity contribution in [2.45, 2.75) is 27.2 Å². The number of benzene rings is 1. The van der Waals surface area contributed by atoms with Crippen molar-refractivity contribution in [1.29, 1.82) is 0 Å². The lowest BCUT2D eigenvalue weighted by Gasteiger charge is -2.07. The lowest BCUT2D eigenvalue weighted by atomic mass is 10.1. The van der Waals surface area contributed by atoms with Crippen molar-refractivity contribution in [1.82, 2.24) is 9.78 Å². The fourth-order valence-corrected chi connectivity index (χ4v) is 1.96. The van der Waals surface area contributed by atoms with Gasteiger partial charge in [0.05, 0.1) is 5.69 Å². The zero-order valence-corrected chi connectivity index (χ0v) is 11.7. The molecule has 19 heavy (non-hydrogen) atoms. The van der Waals surface area contributed by atoms with E-state index in [1.165, 1.54) is 0 Å². The predicted molar refractivity (Wildman–Crippen MR) is 73.8 cm³/mol. The van der Waals surface area contributed by atoms with Crippen molar-refractivity contribution in [3.05, 3.63) is 41.2 Å². The molecule has 4 heteroatoms. The topological polar surface area (TPSA) is 44.1 Å². The van der Waals surface area contributed by atoms with Crippen LogP contribution in [0.3, 0.4) is 0 Å². The van der Waals surface area contributed by atoms with Crippen LogP contribution < -0.4 is 4.74 Å². The minimum atomic E-state index is 0.116. The monoisotopic (exact) mass is 258 g/mol. The predicted octanol–water partition coefficient (Wildman–Crippen LogP) is 3.42. The summed E-state index contributed by atoms with van der Waals surface area (Å²) in [6.07, 6.45) is 0.494. The van der Waals surface area contributed by atoms with Crippen LogP contribution in [-0.2, 0) is 7.05 Å². The second-order valence-corrected chi connectivity index (χ2v) is 4.53. The standard InChI is InChI=1S/C15H18N2O2/c1-5-14(18)12-7-6-8-13(9-12)19-15-10(2)16-17(4)11(15)3/h6-9H,5H2,1-4H3. The molecule has 0 aliphatic rings. The SMILES string of the molecule is CCC(=O)c1cccc(Oc2c(C)nn(C)c2C)c1. The number of aromatic nitrogens is 2. The molecule has 2 aromatic rings. The number of aryl methyl sites for hydroxylation is 2. The van der Waals surface area contributed by atoms with E-state index in [0.717, 1.165) is 17.1 Å². The number of carbonyl (C=O) groups is 1. The van der Waals surface area contributed by atoms with Gasteiger partial charge in [0.15, 0.2) is 11.5 Å². The molecule has 1 aromatic heterocycles. The van der Waals surface area contributed by atoms with Gasteiger partial charge in [0, 0.05) is 19.0 Å². The Morgan fingerprint density at radius 3 is 2.68 bits per heavy atom. The molecule has 1 aromatic carbocycles. The summed E-state index contributed by atoms with van der Waals surface area (Å²) in [7, 11) is 1.88. The number of nitrogens with zero attached hydrogens (tertiary/aromatic N) is 2. The van der Waals surface area contributed by atoms with Crippen molar-refractivity contribution < 1.29 is 9.53 Å². The maximum atomic E-state index is 11.7. The normalized spacial score (nSPS) is 10.5. The molecule has 0 aliphatic heterocycles. The number of hydrogen-bond donors (Lipinski definition) is 0. The quantitative estimate of drug-likeness (QED) is 0.789. The van der Waals surface area contributed by atoms with E-state index in [0.29, 0.717) is 17.7 Å². The Morgan fingerprint density at radius 1 is 1.37 bits per heavy atom. The van der Waals surface area contributed by atoms with Crippen LogP contribution in [0.25, 0.3) is 0 Å². The molecule has 0 spiro atoms. The lowest BCUT2D eigenvalue weighted by molar-refractivity contribution is 0.0988. The molecule has 0 saturated carbocycles. The number of hydrogen-bond acceptors (Lipinski definition) is 3. The van der Waals surface area contributed by atoms with Crippen LogP contribution in [-0.4, -0.2) is 15.6 Å².